The molecule has 0 saturated carbocycles. The molecule has 26 heavy (non-hydrogen) atoms. The summed E-state index contributed by atoms with van der Waals surface area (Å²) in [5.41, 5.74) is 1.79. The van der Waals surface area contributed by atoms with Gasteiger partial charge in [0.05, 0.1) is 13.1 Å². The molecule has 1 aromatic rings. The Morgan fingerprint density at radius 2 is 1.73 bits per heavy atom. The second kappa shape index (κ2) is 11.3. The molecule has 6 heteroatoms. The van der Waals surface area contributed by atoms with Crippen molar-refractivity contribution in [3.05, 3.63) is 29.8 Å². The number of carbonyl (C=O) groups is 3. The zero-order valence-corrected chi connectivity index (χ0v) is 16.3. The zero-order valence-electron chi connectivity index (χ0n) is 16.3. The van der Waals surface area contributed by atoms with Crippen molar-refractivity contribution in [2.75, 3.05) is 25.0 Å². The van der Waals surface area contributed by atoms with E-state index in [1.807, 2.05) is 52.0 Å². The summed E-state index contributed by atoms with van der Waals surface area (Å²) in [4.78, 5) is 38.1. The van der Waals surface area contributed by atoms with Crippen molar-refractivity contribution in [3.63, 3.8) is 0 Å². The van der Waals surface area contributed by atoms with Gasteiger partial charge in [0.1, 0.15) is 0 Å². The molecule has 0 aliphatic rings. The molecule has 0 radical (unpaired) electrons. The number of hydrogen-bond donors (Lipinski definition) is 2. The number of amides is 3. The average molecular weight is 361 g/mol. The van der Waals surface area contributed by atoms with Gasteiger partial charge in [0.15, 0.2) is 0 Å². The molecule has 0 heterocycles. The predicted molar refractivity (Wildman–Crippen MR) is 104 cm³/mol. The molecule has 2 N–H and O–H groups in total. The first-order valence-electron chi connectivity index (χ1n) is 9.29. The standard InChI is InChI=1S/C20H31N3O3/c1-5-7-12-23(20(26)16(4)6-2)14-19(25)21-13-18(24)22-17-10-8-15(3)9-11-17/h8-11,16H,5-7,12-14H2,1-4H3,(H,21,25)(H,22,24)/t16-/m0/s1. The van der Waals surface area contributed by atoms with Gasteiger partial charge in [-0.3, -0.25) is 14.4 Å². The summed E-state index contributed by atoms with van der Waals surface area (Å²) in [5, 5.41) is 5.32. The van der Waals surface area contributed by atoms with Crippen molar-refractivity contribution in [1.82, 2.24) is 10.2 Å². The molecule has 1 rings (SSSR count). The van der Waals surface area contributed by atoms with Gasteiger partial charge < -0.3 is 15.5 Å². The minimum absolute atomic E-state index is 0.0129. The predicted octanol–water partition coefficient (Wildman–Crippen LogP) is 2.72. The van der Waals surface area contributed by atoms with E-state index >= 15 is 0 Å². The summed E-state index contributed by atoms with van der Waals surface area (Å²) in [6, 6.07) is 7.43. The molecule has 3 amide bonds. The van der Waals surface area contributed by atoms with Gasteiger partial charge in [-0.2, -0.15) is 0 Å². The van der Waals surface area contributed by atoms with Crippen LogP contribution in [0.4, 0.5) is 5.69 Å². The van der Waals surface area contributed by atoms with E-state index in [0.29, 0.717) is 12.2 Å². The number of hydrogen-bond acceptors (Lipinski definition) is 3. The lowest BCUT2D eigenvalue weighted by Crippen LogP contribution is -2.44. The van der Waals surface area contributed by atoms with E-state index in [2.05, 4.69) is 10.6 Å². The number of rotatable bonds is 10. The Bertz CT molecular complexity index is 599. The number of carbonyl (C=O) groups excluding carboxylic acids is 3. The molecule has 0 saturated heterocycles. The Morgan fingerprint density at radius 1 is 1.08 bits per heavy atom. The van der Waals surface area contributed by atoms with Gasteiger partial charge in [0.2, 0.25) is 17.7 Å². The summed E-state index contributed by atoms with van der Waals surface area (Å²) < 4.78 is 0. The first kappa shape index (κ1) is 21.7. The molecular formula is C20H31N3O3. The van der Waals surface area contributed by atoms with Crippen LogP contribution in [0.15, 0.2) is 24.3 Å². The highest BCUT2D eigenvalue weighted by atomic mass is 16.2. The summed E-state index contributed by atoms with van der Waals surface area (Å²) >= 11 is 0. The van der Waals surface area contributed by atoms with Crippen LogP contribution in [0, 0.1) is 12.8 Å². The Morgan fingerprint density at radius 3 is 2.31 bits per heavy atom. The van der Waals surface area contributed by atoms with Crippen LogP contribution in [0.2, 0.25) is 0 Å². The molecule has 0 aromatic heterocycles. The average Bonchev–Trinajstić information content (AvgIpc) is 2.64. The van der Waals surface area contributed by atoms with Crippen LogP contribution in [0.5, 0.6) is 0 Å². The minimum atomic E-state index is -0.322. The number of anilines is 1. The Hall–Kier alpha value is -2.37. The van der Waals surface area contributed by atoms with Crippen molar-refractivity contribution < 1.29 is 14.4 Å². The summed E-state index contributed by atoms with van der Waals surface area (Å²) in [6.07, 6.45) is 2.54. The molecule has 144 valence electrons. The lowest BCUT2D eigenvalue weighted by atomic mass is 10.1. The van der Waals surface area contributed by atoms with E-state index in [0.717, 1.165) is 24.8 Å². The van der Waals surface area contributed by atoms with Gasteiger partial charge in [0.25, 0.3) is 0 Å². The third-order valence-corrected chi connectivity index (χ3v) is 4.24. The van der Waals surface area contributed by atoms with E-state index in [1.54, 1.807) is 4.90 Å². The second-order valence-electron chi connectivity index (χ2n) is 6.61. The molecule has 1 atom stereocenters. The first-order valence-corrected chi connectivity index (χ1v) is 9.29. The number of benzene rings is 1. The lowest BCUT2D eigenvalue weighted by molar-refractivity contribution is -0.139. The van der Waals surface area contributed by atoms with Gasteiger partial charge in [-0.15, -0.1) is 0 Å². The molecule has 6 nitrogen and oxygen atoms in total. The SMILES string of the molecule is CCCCN(CC(=O)NCC(=O)Nc1ccc(C)cc1)C(=O)[C@@H](C)CC. The summed E-state index contributed by atoms with van der Waals surface area (Å²) in [6.45, 7) is 8.26. The van der Waals surface area contributed by atoms with Crippen molar-refractivity contribution in [2.24, 2.45) is 5.92 Å². The molecule has 0 spiro atoms. The van der Waals surface area contributed by atoms with Crippen molar-refractivity contribution in [3.8, 4) is 0 Å². The molecule has 0 bridgehead atoms. The number of unbranched alkanes of at least 4 members (excludes halogenated alkanes) is 1. The fraction of sp³-hybridized carbons (Fsp3) is 0.550. The highest BCUT2D eigenvalue weighted by Crippen LogP contribution is 2.09. The van der Waals surface area contributed by atoms with Crippen molar-refractivity contribution >= 4 is 23.4 Å². The number of nitrogens with one attached hydrogen (secondary N) is 2. The third kappa shape index (κ3) is 7.68. The molecule has 0 fully saturated rings. The highest BCUT2D eigenvalue weighted by Gasteiger charge is 2.21. The number of aryl methyl sites for hydroxylation is 1. The van der Waals surface area contributed by atoms with Crippen molar-refractivity contribution in [1.29, 1.82) is 0 Å². The minimum Gasteiger partial charge on any atom is -0.345 e. The molecular weight excluding hydrogens is 330 g/mol. The van der Waals surface area contributed by atoms with Crippen LogP contribution in [0.25, 0.3) is 0 Å². The van der Waals surface area contributed by atoms with E-state index < -0.39 is 0 Å². The largest absolute Gasteiger partial charge is 0.345 e. The van der Waals surface area contributed by atoms with Crippen LogP contribution >= 0.6 is 0 Å². The van der Waals surface area contributed by atoms with Gasteiger partial charge in [-0.05, 0) is 31.9 Å². The van der Waals surface area contributed by atoms with Crippen LogP contribution in [0.3, 0.4) is 0 Å². The molecule has 1 aromatic carbocycles. The van der Waals surface area contributed by atoms with E-state index in [-0.39, 0.29) is 36.7 Å². The van der Waals surface area contributed by atoms with Crippen LogP contribution in [0.1, 0.15) is 45.6 Å². The Balaban J connectivity index is 2.49. The van der Waals surface area contributed by atoms with E-state index in [9.17, 15) is 14.4 Å². The molecule has 0 aliphatic heterocycles. The maximum absolute atomic E-state index is 12.4. The fourth-order valence-corrected chi connectivity index (χ4v) is 2.35. The Labute approximate surface area is 156 Å². The van der Waals surface area contributed by atoms with E-state index in [1.165, 1.54) is 0 Å². The topological polar surface area (TPSA) is 78.5 Å². The van der Waals surface area contributed by atoms with Crippen LogP contribution in [-0.2, 0) is 14.4 Å². The number of nitrogens with zero attached hydrogens (tertiary/aromatic N) is 1. The monoisotopic (exact) mass is 361 g/mol. The molecule has 0 aliphatic carbocycles. The normalized spacial score (nSPS) is 11.5. The van der Waals surface area contributed by atoms with Crippen molar-refractivity contribution in [2.45, 2.75) is 47.0 Å². The third-order valence-electron chi connectivity index (χ3n) is 4.24. The smallest absolute Gasteiger partial charge is 0.243 e. The van der Waals surface area contributed by atoms with Gasteiger partial charge in [0, 0.05) is 18.2 Å². The Kier molecular flexibility index (Phi) is 9.41. The van der Waals surface area contributed by atoms with Crippen LogP contribution < -0.4 is 10.6 Å². The lowest BCUT2D eigenvalue weighted by Gasteiger charge is -2.24. The summed E-state index contributed by atoms with van der Waals surface area (Å²) in [7, 11) is 0. The van der Waals surface area contributed by atoms with Gasteiger partial charge in [-0.25, -0.2) is 0 Å². The second-order valence-corrected chi connectivity index (χ2v) is 6.61. The van der Waals surface area contributed by atoms with Gasteiger partial charge in [-0.1, -0.05) is 44.9 Å². The first-order chi connectivity index (χ1) is 12.4. The maximum atomic E-state index is 12.4. The van der Waals surface area contributed by atoms with E-state index in [4.69, 9.17) is 0 Å². The summed E-state index contributed by atoms with van der Waals surface area (Å²) in [5.74, 6) is -0.739. The maximum Gasteiger partial charge on any atom is 0.243 e. The fourth-order valence-electron chi connectivity index (χ4n) is 2.35. The quantitative estimate of drug-likeness (QED) is 0.672. The highest BCUT2D eigenvalue weighted by molar-refractivity contribution is 5.95. The van der Waals surface area contributed by atoms with Crippen LogP contribution in [-0.4, -0.2) is 42.3 Å². The van der Waals surface area contributed by atoms with Gasteiger partial charge >= 0.3 is 0 Å². The molecule has 0 unspecified atom stereocenters. The zero-order chi connectivity index (χ0) is 19.5.